The van der Waals surface area contributed by atoms with Crippen LogP contribution < -0.4 is 15.4 Å². The molecule has 8 nitrogen and oxygen atoms in total. The molecule has 2 heterocycles. The van der Waals surface area contributed by atoms with Gasteiger partial charge in [-0.05, 0) is 31.5 Å². The fourth-order valence-electron chi connectivity index (χ4n) is 2.24. The van der Waals surface area contributed by atoms with Gasteiger partial charge in [0.05, 0.1) is 6.04 Å². The van der Waals surface area contributed by atoms with Crippen molar-refractivity contribution in [3.8, 4) is 5.88 Å². The Balaban J connectivity index is 2.10. The monoisotopic (exact) mass is 445 g/mol. The van der Waals surface area contributed by atoms with Crippen LogP contribution in [0.15, 0.2) is 18.3 Å². The van der Waals surface area contributed by atoms with E-state index in [0.29, 0.717) is 11.3 Å². The average molecular weight is 446 g/mol. The maximum Gasteiger partial charge on any atom is 0.422 e. The maximum atomic E-state index is 12.5. The predicted octanol–water partition coefficient (Wildman–Crippen LogP) is 3.61. The van der Waals surface area contributed by atoms with Gasteiger partial charge in [-0.2, -0.15) is 13.2 Å². The molecule has 0 aromatic carbocycles. The molecule has 162 valence electrons. The van der Waals surface area contributed by atoms with Crippen LogP contribution in [0.25, 0.3) is 0 Å². The first-order chi connectivity index (χ1) is 14.0. The van der Waals surface area contributed by atoms with Crippen LogP contribution in [0.2, 0.25) is 5.02 Å². The zero-order chi connectivity index (χ0) is 22.5. The molecule has 0 aliphatic rings. The maximum absolute atomic E-state index is 12.5. The summed E-state index contributed by atoms with van der Waals surface area (Å²) in [4.78, 5) is 35.9. The molecule has 0 aliphatic heterocycles. The third-order valence-corrected chi connectivity index (χ3v) is 3.98. The van der Waals surface area contributed by atoms with Crippen molar-refractivity contribution in [1.82, 2.24) is 20.3 Å². The van der Waals surface area contributed by atoms with Crippen LogP contribution in [-0.2, 0) is 4.79 Å². The van der Waals surface area contributed by atoms with E-state index in [-0.39, 0.29) is 34.9 Å². The zero-order valence-electron chi connectivity index (χ0n) is 16.3. The van der Waals surface area contributed by atoms with Crippen molar-refractivity contribution in [2.75, 3.05) is 11.9 Å². The molecule has 12 heteroatoms. The van der Waals surface area contributed by atoms with Gasteiger partial charge in [0.2, 0.25) is 17.7 Å². The van der Waals surface area contributed by atoms with E-state index in [0.717, 1.165) is 0 Å². The number of nitrogens with one attached hydrogen (secondary N) is 2. The molecule has 0 fully saturated rings. The molecule has 2 N–H and O–H groups in total. The smallest absolute Gasteiger partial charge is 0.422 e. The average Bonchev–Trinajstić information content (AvgIpc) is 2.65. The summed E-state index contributed by atoms with van der Waals surface area (Å²) in [5.41, 5.74) is 0.952. The number of aryl methyl sites for hydroxylation is 1. The van der Waals surface area contributed by atoms with Crippen molar-refractivity contribution in [2.24, 2.45) is 0 Å². The Hall–Kier alpha value is -2.95. The second kappa shape index (κ2) is 9.70. The molecule has 2 aromatic rings. The number of pyridine rings is 1. The molecule has 0 spiro atoms. The topological polar surface area (TPSA) is 106 Å². The molecule has 2 amide bonds. The van der Waals surface area contributed by atoms with Gasteiger partial charge in [0.15, 0.2) is 6.61 Å². The van der Waals surface area contributed by atoms with Gasteiger partial charge in [-0.3, -0.25) is 14.9 Å². The number of carbonyl (C=O) groups is 2. The van der Waals surface area contributed by atoms with Gasteiger partial charge in [-0.1, -0.05) is 18.5 Å². The third kappa shape index (κ3) is 6.83. The second-order valence-electron chi connectivity index (χ2n) is 6.27. The van der Waals surface area contributed by atoms with Gasteiger partial charge >= 0.3 is 6.18 Å². The van der Waals surface area contributed by atoms with E-state index in [9.17, 15) is 22.8 Å². The summed E-state index contributed by atoms with van der Waals surface area (Å²) in [5.74, 6) is -1.20. The number of hydrogen-bond acceptors (Lipinski definition) is 6. The number of nitrogens with zero attached hydrogens (tertiary/aromatic N) is 3. The fourth-order valence-corrected chi connectivity index (χ4v) is 2.47. The Bertz CT molecular complexity index is 940. The van der Waals surface area contributed by atoms with E-state index < -0.39 is 24.7 Å². The van der Waals surface area contributed by atoms with Gasteiger partial charge in [0.1, 0.15) is 10.7 Å². The van der Waals surface area contributed by atoms with E-state index in [1.54, 1.807) is 20.8 Å². The number of ether oxygens (including phenoxy) is 1. The molecule has 0 saturated carbocycles. The number of anilines is 1. The van der Waals surface area contributed by atoms with Gasteiger partial charge in [0.25, 0.3) is 5.91 Å². The number of halogens is 4. The number of aromatic nitrogens is 3. The summed E-state index contributed by atoms with van der Waals surface area (Å²) in [6.07, 6.45) is -3.04. The van der Waals surface area contributed by atoms with Crippen molar-refractivity contribution in [1.29, 1.82) is 0 Å². The van der Waals surface area contributed by atoms with E-state index in [4.69, 9.17) is 11.6 Å². The highest BCUT2D eigenvalue weighted by Crippen LogP contribution is 2.27. The van der Waals surface area contributed by atoms with Crippen LogP contribution in [0.1, 0.15) is 48.1 Å². The van der Waals surface area contributed by atoms with Crippen LogP contribution >= 0.6 is 11.6 Å². The molecular formula is C18H19ClF3N5O3. The number of carbonyl (C=O) groups excluding carboxylic acids is 2. The third-order valence-electron chi connectivity index (χ3n) is 3.71. The summed E-state index contributed by atoms with van der Waals surface area (Å²) < 4.78 is 41.3. The molecule has 30 heavy (non-hydrogen) atoms. The highest BCUT2D eigenvalue weighted by molar-refractivity contribution is 6.31. The minimum atomic E-state index is -4.52. The lowest BCUT2D eigenvalue weighted by Crippen LogP contribution is -2.28. The minimum Gasteiger partial charge on any atom is -0.467 e. The van der Waals surface area contributed by atoms with Crippen LogP contribution in [0, 0.1) is 6.92 Å². The lowest BCUT2D eigenvalue weighted by molar-refractivity contribution is -0.154. The Morgan fingerprint density at radius 3 is 2.57 bits per heavy atom. The predicted molar refractivity (Wildman–Crippen MR) is 102 cm³/mol. The zero-order valence-corrected chi connectivity index (χ0v) is 17.1. The van der Waals surface area contributed by atoms with Gasteiger partial charge in [-0.25, -0.2) is 15.0 Å². The van der Waals surface area contributed by atoms with Crippen molar-refractivity contribution >= 4 is 29.4 Å². The molecule has 1 atom stereocenters. The van der Waals surface area contributed by atoms with Crippen LogP contribution in [-0.4, -0.2) is 39.5 Å². The van der Waals surface area contributed by atoms with E-state index in [1.807, 2.05) is 0 Å². The molecule has 0 saturated heterocycles. The molecular weight excluding hydrogens is 427 g/mol. The largest absolute Gasteiger partial charge is 0.467 e. The summed E-state index contributed by atoms with van der Waals surface area (Å²) in [6, 6.07) is 2.20. The van der Waals surface area contributed by atoms with Gasteiger partial charge in [0, 0.05) is 18.3 Å². The van der Waals surface area contributed by atoms with Crippen LogP contribution in [0.4, 0.5) is 19.1 Å². The molecule has 1 unspecified atom stereocenters. The van der Waals surface area contributed by atoms with Crippen molar-refractivity contribution in [3.05, 3.63) is 40.3 Å². The second-order valence-corrected chi connectivity index (χ2v) is 6.68. The molecule has 2 aromatic heterocycles. The Morgan fingerprint density at radius 1 is 1.27 bits per heavy atom. The number of hydrogen-bond donors (Lipinski definition) is 2. The minimum absolute atomic E-state index is 0.00975. The lowest BCUT2D eigenvalue weighted by atomic mass is 10.1. The summed E-state index contributed by atoms with van der Waals surface area (Å²) in [6.45, 7) is 3.43. The fraction of sp³-hybridized carbons (Fsp3) is 0.389. The Labute approximate surface area is 175 Å². The quantitative estimate of drug-likeness (QED) is 0.674. The summed E-state index contributed by atoms with van der Waals surface area (Å²) in [7, 11) is 0. The van der Waals surface area contributed by atoms with Gasteiger partial charge in [-0.15, -0.1) is 0 Å². The normalized spacial score (nSPS) is 12.2. The molecule has 0 bridgehead atoms. The highest BCUT2D eigenvalue weighted by atomic mass is 35.5. The SMILES string of the molecule is CCC(=O)Nc1nc(C)cc(C(=O)NC(C)c2cnc(OCC(F)(F)F)c(Cl)c2)n1. The van der Waals surface area contributed by atoms with Crippen molar-refractivity contribution in [3.63, 3.8) is 0 Å². The van der Waals surface area contributed by atoms with Crippen molar-refractivity contribution < 1.29 is 27.5 Å². The molecule has 0 aliphatic carbocycles. The lowest BCUT2D eigenvalue weighted by Gasteiger charge is -2.16. The first kappa shape index (κ1) is 23.3. The van der Waals surface area contributed by atoms with E-state index >= 15 is 0 Å². The van der Waals surface area contributed by atoms with E-state index in [1.165, 1.54) is 18.3 Å². The molecule has 2 rings (SSSR count). The first-order valence-corrected chi connectivity index (χ1v) is 9.17. The Morgan fingerprint density at radius 2 is 1.97 bits per heavy atom. The summed E-state index contributed by atoms with van der Waals surface area (Å²) >= 11 is 5.93. The Kier molecular flexibility index (Phi) is 7.54. The first-order valence-electron chi connectivity index (χ1n) is 8.80. The van der Waals surface area contributed by atoms with Crippen LogP contribution in [0.3, 0.4) is 0 Å². The highest BCUT2D eigenvalue weighted by Gasteiger charge is 2.29. The summed E-state index contributed by atoms with van der Waals surface area (Å²) in [5, 5.41) is 5.04. The van der Waals surface area contributed by atoms with Crippen molar-refractivity contribution in [2.45, 2.75) is 39.4 Å². The standard InChI is InChI=1S/C18H19ClF3N5O3/c1-4-14(28)27-17-24-9(2)5-13(26-17)15(29)25-10(3)11-6-12(19)16(23-7-11)30-8-18(20,21)22/h5-7,10H,4,8H2,1-3H3,(H,25,29)(H,24,26,27,28). The molecule has 0 radical (unpaired) electrons. The number of alkyl halides is 3. The van der Waals surface area contributed by atoms with Gasteiger partial charge < -0.3 is 10.1 Å². The number of rotatable bonds is 7. The van der Waals surface area contributed by atoms with E-state index in [2.05, 4.69) is 30.3 Å². The van der Waals surface area contributed by atoms with Crippen LogP contribution in [0.5, 0.6) is 5.88 Å². The number of amides is 2.